The summed E-state index contributed by atoms with van der Waals surface area (Å²) in [6.07, 6.45) is 4.05. The molecule has 108 valence electrons. The van der Waals surface area contributed by atoms with Crippen molar-refractivity contribution < 1.29 is 14.3 Å². The number of ketones is 1. The van der Waals surface area contributed by atoms with E-state index in [1.54, 1.807) is 12.1 Å². The van der Waals surface area contributed by atoms with Crippen LogP contribution in [0.15, 0.2) is 12.1 Å². The fourth-order valence-corrected chi connectivity index (χ4v) is 3.35. The summed E-state index contributed by atoms with van der Waals surface area (Å²) in [6.45, 7) is 3.38. The Balaban J connectivity index is 1.93. The number of carbonyl (C=O) groups excluding carboxylic acids is 1. The molecule has 0 N–H and O–H groups in total. The summed E-state index contributed by atoms with van der Waals surface area (Å²) in [5.74, 6) is 1.96. The van der Waals surface area contributed by atoms with Gasteiger partial charge in [0, 0.05) is 24.0 Å². The van der Waals surface area contributed by atoms with Crippen molar-refractivity contribution in [3.05, 3.63) is 22.7 Å². The molecule has 0 amide bonds. The first kappa shape index (κ1) is 13.7. The number of Topliss-reactive ketones (excluding diaryl/α,β-unsaturated/α-hetero) is 1. The second kappa shape index (κ2) is 5.65. The average molecular weight is 295 g/mol. The third kappa shape index (κ3) is 2.51. The molecule has 20 heavy (non-hydrogen) atoms. The van der Waals surface area contributed by atoms with Crippen LogP contribution in [0.3, 0.4) is 0 Å². The minimum absolute atomic E-state index is 0.0947. The maximum absolute atomic E-state index is 12.7. The molecule has 3 nitrogen and oxygen atoms in total. The van der Waals surface area contributed by atoms with Crippen molar-refractivity contribution in [3.63, 3.8) is 0 Å². The van der Waals surface area contributed by atoms with Crippen LogP contribution in [0.1, 0.15) is 43.0 Å². The number of carbonyl (C=O) groups is 1. The van der Waals surface area contributed by atoms with Crippen LogP contribution in [0.4, 0.5) is 0 Å². The van der Waals surface area contributed by atoms with Crippen LogP contribution in [0.25, 0.3) is 0 Å². The molecule has 3 rings (SSSR count). The molecule has 0 aromatic heterocycles. The summed E-state index contributed by atoms with van der Waals surface area (Å²) in [5, 5.41) is 0.471. The molecule has 1 fully saturated rings. The summed E-state index contributed by atoms with van der Waals surface area (Å²) < 4.78 is 11.2. The van der Waals surface area contributed by atoms with E-state index in [1.807, 2.05) is 0 Å². The second-order valence-electron chi connectivity index (χ2n) is 5.71. The molecular weight excluding hydrogens is 276 g/mol. The molecule has 1 aliphatic heterocycles. The zero-order valence-corrected chi connectivity index (χ0v) is 12.4. The monoisotopic (exact) mass is 294 g/mol. The number of fused-ring (bicyclic) bond motifs is 1. The Kier molecular flexibility index (Phi) is 3.88. The normalized spacial score (nSPS) is 25.3. The van der Waals surface area contributed by atoms with Gasteiger partial charge in [0.15, 0.2) is 17.3 Å². The van der Waals surface area contributed by atoms with Gasteiger partial charge in [0.05, 0.1) is 18.2 Å². The fourth-order valence-electron chi connectivity index (χ4n) is 3.11. The van der Waals surface area contributed by atoms with Crippen LogP contribution in [0.2, 0.25) is 5.02 Å². The topological polar surface area (TPSA) is 35.5 Å². The van der Waals surface area contributed by atoms with Crippen molar-refractivity contribution in [2.45, 2.75) is 32.6 Å². The Bertz CT molecular complexity index is 527. The molecule has 2 unspecified atom stereocenters. The van der Waals surface area contributed by atoms with Crippen LogP contribution < -0.4 is 9.47 Å². The first-order valence-electron chi connectivity index (χ1n) is 7.30. The molecule has 2 atom stereocenters. The number of hydrogen-bond donors (Lipinski definition) is 0. The molecule has 0 radical (unpaired) electrons. The first-order valence-corrected chi connectivity index (χ1v) is 7.68. The smallest absolute Gasteiger partial charge is 0.167 e. The standard InChI is InChI=1S/C16H19ClO3/c1-10-4-2-5-11(10)16(18)12-8-14-15(9-13(12)17)20-7-3-6-19-14/h8-11H,2-7H2,1H3. The lowest BCUT2D eigenvalue weighted by atomic mass is 9.89. The molecule has 2 aliphatic rings. The molecule has 1 saturated carbocycles. The predicted molar refractivity (Wildman–Crippen MR) is 77.9 cm³/mol. The molecule has 1 aromatic rings. The van der Waals surface area contributed by atoms with Gasteiger partial charge >= 0.3 is 0 Å². The summed E-state index contributed by atoms with van der Waals surface area (Å²) in [5.41, 5.74) is 0.578. The highest BCUT2D eigenvalue weighted by molar-refractivity contribution is 6.34. The van der Waals surface area contributed by atoms with Gasteiger partial charge in [0.25, 0.3) is 0 Å². The van der Waals surface area contributed by atoms with Gasteiger partial charge in [-0.05, 0) is 24.8 Å². The third-order valence-corrected chi connectivity index (χ3v) is 4.61. The van der Waals surface area contributed by atoms with E-state index in [0.717, 1.165) is 25.7 Å². The summed E-state index contributed by atoms with van der Waals surface area (Å²) in [4.78, 5) is 12.7. The van der Waals surface area contributed by atoms with Crippen molar-refractivity contribution in [3.8, 4) is 11.5 Å². The Morgan fingerprint density at radius 3 is 2.50 bits per heavy atom. The van der Waals surface area contributed by atoms with Gasteiger partial charge in [0.1, 0.15) is 0 Å². The Hall–Kier alpha value is -1.22. The minimum atomic E-state index is 0.0947. The van der Waals surface area contributed by atoms with E-state index < -0.39 is 0 Å². The third-order valence-electron chi connectivity index (χ3n) is 4.30. The zero-order valence-electron chi connectivity index (χ0n) is 11.7. The van der Waals surface area contributed by atoms with E-state index in [9.17, 15) is 4.79 Å². The predicted octanol–water partition coefficient (Wildman–Crippen LogP) is 4.12. The molecule has 0 saturated heterocycles. The van der Waals surface area contributed by atoms with Crippen LogP contribution in [-0.4, -0.2) is 19.0 Å². The zero-order chi connectivity index (χ0) is 14.1. The highest BCUT2D eigenvalue weighted by atomic mass is 35.5. The van der Waals surface area contributed by atoms with E-state index in [0.29, 0.717) is 41.2 Å². The summed E-state index contributed by atoms with van der Waals surface area (Å²) in [6, 6.07) is 3.48. The van der Waals surface area contributed by atoms with Gasteiger partial charge < -0.3 is 9.47 Å². The Morgan fingerprint density at radius 1 is 1.15 bits per heavy atom. The quantitative estimate of drug-likeness (QED) is 0.770. The number of hydrogen-bond acceptors (Lipinski definition) is 3. The number of benzene rings is 1. The first-order chi connectivity index (χ1) is 9.66. The van der Waals surface area contributed by atoms with E-state index in [2.05, 4.69) is 6.92 Å². The number of halogens is 1. The van der Waals surface area contributed by atoms with Crippen molar-refractivity contribution in [1.82, 2.24) is 0 Å². The Labute approximate surface area is 124 Å². The van der Waals surface area contributed by atoms with Crippen molar-refractivity contribution in [2.24, 2.45) is 11.8 Å². The minimum Gasteiger partial charge on any atom is -0.490 e. The van der Waals surface area contributed by atoms with Crippen molar-refractivity contribution in [1.29, 1.82) is 0 Å². The van der Waals surface area contributed by atoms with E-state index in [4.69, 9.17) is 21.1 Å². The van der Waals surface area contributed by atoms with Gasteiger partial charge in [-0.15, -0.1) is 0 Å². The van der Waals surface area contributed by atoms with Crippen LogP contribution in [0, 0.1) is 11.8 Å². The van der Waals surface area contributed by atoms with Gasteiger partial charge in [-0.25, -0.2) is 0 Å². The Morgan fingerprint density at radius 2 is 1.85 bits per heavy atom. The molecule has 0 bridgehead atoms. The van der Waals surface area contributed by atoms with Crippen LogP contribution >= 0.6 is 11.6 Å². The molecule has 1 heterocycles. The second-order valence-corrected chi connectivity index (χ2v) is 6.12. The van der Waals surface area contributed by atoms with Crippen LogP contribution in [0.5, 0.6) is 11.5 Å². The van der Waals surface area contributed by atoms with Crippen molar-refractivity contribution >= 4 is 17.4 Å². The molecule has 1 aliphatic carbocycles. The maximum Gasteiger partial charge on any atom is 0.167 e. The molecular formula is C16H19ClO3. The van der Waals surface area contributed by atoms with E-state index in [-0.39, 0.29) is 11.7 Å². The van der Waals surface area contributed by atoms with Gasteiger partial charge in [-0.1, -0.05) is 24.9 Å². The highest BCUT2D eigenvalue weighted by Gasteiger charge is 2.32. The van der Waals surface area contributed by atoms with Gasteiger partial charge in [0.2, 0.25) is 0 Å². The highest BCUT2D eigenvalue weighted by Crippen LogP contribution is 2.39. The van der Waals surface area contributed by atoms with Gasteiger partial charge in [-0.2, -0.15) is 0 Å². The lowest BCUT2D eigenvalue weighted by molar-refractivity contribution is 0.0897. The lowest BCUT2D eigenvalue weighted by Crippen LogP contribution is -2.17. The average Bonchev–Trinajstić information content (AvgIpc) is 2.72. The van der Waals surface area contributed by atoms with Crippen LogP contribution in [-0.2, 0) is 0 Å². The fraction of sp³-hybridized carbons (Fsp3) is 0.562. The maximum atomic E-state index is 12.7. The molecule has 1 aromatic carbocycles. The number of ether oxygens (including phenoxy) is 2. The molecule has 4 heteroatoms. The van der Waals surface area contributed by atoms with Gasteiger partial charge in [-0.3, -0.25) is 4.79 Å². The lowest BCUT2D eigenvalue weighted by Gasteiger charge is -2.16. The summed E-state index contributed by atoms with van der Waals surface area (Å²) >= 11 is 6.28. The SMILES string of the molecule is CC1CCCC1C(=O)c1cc2c(cc1Cl)OCCCO2. The van der Waals surface area contributed by atoms with Crippen molar-refractivity contribution in [2.75, 3.05) is 13.2 Å². The summed E-state index contributed by atoms with van der Waals surface area (Å²) in [7, 11) is 0. The van der Waals surface area contributed by atoms with E-state index in [1.165, 1.54) is 0 Å². The molecule has 0 spiro atoms. The number of rotatable bonds is 2. The largest absolute Gasteiger partial charge is 0.490 e. The van der Waals surface area contributed by atoms with E-state index >= 15 is 0 Å².